The number of hydrogen-bond donors (Lipinski definition) is 1. The van der Waals surface area contributed by atoms with Crippen molar-refractivity contribution in [2.45, 2.75) is 31.7 Å². The predicted octanol–water partition coefficient (Wildman–Crippen LogP) is 2.42. The van der Waals surface area contributed by atoms with Crippen LogP contribution in [-0.4, -0.2) is 38.7 Å². The third-order valence-corrected chi connectivity index (χ3v) is 4.32. The molecular formula is C17H24N2O2. The molecule has 4 heteroatoms. The number of methoxy groups -OCH3 is 1. The molecule has 1 atom stereocenters. The van der Waals surface area contributed by atoms with Crippen LogP contribution < -0.4 is 10.1 Å². The van der Waals surface area contributed by atoms with Crippen LogP contribution in [0, 0.1) is 5.92 Å². The number of nitrogens with zero attached hydrogens (tertiary/aromatic N) is 1. The minimum Gasteiger partial charge on any atom is -0.497 e. The summed E-state index contributed by atoms with van der Waals surface area (Å²) in [6.07, 6.45) is 4.44. The van der Waals surface area contributed by atoms with Gasteiger partial charge in [-0.1, -0.05) is 12.1 Å². The standard InChI is InChI=1S/C17H24N2O2/c1-20-16-4-2-13(3-5-16)10-15-12-21-17(19-15)11-14-6-8-18-9-7-14/h2-5,14-15,18H,6-12H2,1H3. The second kappa shape index (κ2) is 6.94. The number of ether oxygens (including phenoxy) is 2. The molecule has 0 bridgehead atoms. The fourth-order valence-corrected chi connectivity index (χ4v) is 3.05. The summed E-state index contributed by atoms with van der Waals surface area (Å²) in [4.78, 5) is 4.76. The van der Waals surface area contributed by atoms with Crippen LogP contribution in [-0.2, 0) is 11.2 Å². The summed E-state index contributed by atoms with van der Waals surface area (Å²) in [6, 6.07) is 8.50. The highest BCUT2D eigenvalue weighted by molar-refractivity contribution is 5.78. The van der Waals surface area contributed by atoms with Crippen LogP contribution in [0.25, 0.3) is 0 Å². The first kappa shape index (κ1) is 14.4. The fraction of sp³-hybridized carbons (Fsp3) is 0.588. The maximum Gasteiger partial charge on any atom is 0.183 e. The van der Waals surface area contributed by atoms with Gasteiger partial charge in [0.25, 0.3) is 0 Å². The SMILES string of the molecule is COc1ccc(CC2COC(CC3CCNCC3)=N2)cc1. The van der Waals surface area contributed by atoms with Gasteiger partial charge in [-0.2, -0.15) is 0 Å². The van der Waals surface area contributed by atoms with Crippen molar-refractivity contribution in [1.82, 2.24) is 5.32 Å². The van der Waals surface area contributed by atoms with Crippen LogP contribution in [0.4, 0.5) is 0 Å². The van der Waals surface area contributed by atoms with E-state index in [1.807, 2.05) is 12.1 Å². The lowest BCUT2D eigenvalue weighted by atomic mass is 9.95. The lowest BCUT2D eigenvalue weighted by Gasteiger charge is -2.21. The highest BCUT2D eigenvalue weighted by Gasteiger charge is 2.23. The fourth-order valence-electron chi connectivity index (χ4n) is 3.05. The van der Waals surface area contributed by atoms with Gasteiger partial charge in [-0.25, -0.2) is 4.99 Å². The quantitative estimate of drug-likeness (QED) is 0.905. The molecule has 1 N–H and O–H groups in total. The minimum absolute atomic E-state index is 0.273. The van der Waals surface area contributed by atoms with Crippen LogP contribution >= 0.6 is 0 Å². The molecular weight excluding hydrogens is 264 g/mol. The van der Waals surface area contributed by atoms with Gasteiger partial charge in [0.1, 0.15) is 12.4 Å². The third kappa shape index (κ3) is 3.97. The van der Waals surface area contributed by atoms with E-state index in [0.29, 0.717) is 0 Å². The monoisotopic (exact) mass is 288 g/mol. The molecule has 0 amide bonds. The first-order valence-corrected chi connectivity index (χ1v) is 7.86. The zero-order chi connectivity index (χ0) is 14.5. The van der Waals surface area contributed by atoms with Crippen molar-refractivity contribution in [2.75, 3.05) is 26.8 Å². The summed E-state index contributed by atoms with van der Waals surface area (Å²) in [7, 11) is 1.69. The Labute approximate surface area is 126 Å². The van der Waals surface area contributed by atoms with Crippen LogP contribution in [0.1, 0.15) is 24.8 Å². The Morgan fingerprint density at radius 3 is 2.67 bits per heavy atom. The van der Waals surface area contributed by atoms with Gasteiger partial charge in [-0.15, -0.1) is 0 Å². The molecule has 3 rings (SSSR count). The van der Waals surface area contributed by atoms with Crippen molar-refractivity contribution in [3.63, 3.8) is 0 Å². The molecule has 1 aromatic rings. The van der Waals surface area contributed by atoms with E-state index in [1.165, 1.54) is 18.4 Å². The van der Waals surface area contributed by atoms with Crippen LogP contribution in [0.2, 0.25) is 0 Å². The molecule has 0 aliphatic carbocycles. The molecule has 2 aliphatic heterocycles. The van der Waals surface area contributed by atoms with E-state index in [-0.39, 0.29) is 6.04 Å². The highest BCUT2D eigenvalue weighted by atomic mass is 16.5. The van der Waals surface area contributed by atoms with Crippen molar-refractivity contribution in [3.05, 3.63) is 29.8 Å². The summed E-state index contributed by atoms with van der Waals surface area (Å²) < 4.78 is 11.0. The normalized spacial score (nSPS) is 22.7. The van der Waals surface area contributed by atoms with E-state index in [0.717, 1.165) is 50.1 Å². The number of hydrogen-bond acceptors (Lipinski definition) is 4. The molecule has 21 heavy (non-hydrogen) atoms. The summed E-state index contributed by atoms with van der Waals surface area (Å²) >= 11 is 0. The van der Waals surface area contributed by atoms with E-state index < -0.39 is 0 Å². The zero-order valence-corrected chi connectivity index (χ0v) is 12.7. The number of aliphatic imine (C=N–C) groups is 1. The summed E-state index contributed by atoms with van der Waals surface area (Å²) in [5, 5.41) is 3.40. The Morgan fingerprint density at radius 2 is 1.95 bits per heavy atom. The Hall–Kier alpha value is -1.55. The number of piperidine rings is 1. The molecule has 0 saturated carbocycles. The lowest BCUT2D eigenvalue weighted by Crippen LogP contribution is -2.28. The molecule has 1 aromatic carbocycles. The first-order chi connectivity index (χ1) is 10.3. The molecule has 0 radical (unpaired) electrons. The molecule has 1 saturated heterocycles. The van der Waals surface area contributed by atoms with Crippen LogP contribution in [0.15, 0.2) is 29.3 Å². The molecule has 2 heterocycles. The van der Waals surface area contributed by atoms with Gasteiger partial charge in [-0.05, 0) is 56.0 Å². The molecule has 0 aromatic heterocycles. The Bertz CT molecular complexity index is 478. The van der Waals surface area contributed by atoms with Crippen molar-refractivity contribution < 1.29 is 9.47 Å². The van der Waals surface area contributed by atoms with Crippen LogP contribution in [0.5, 0.6) is 5.75 Å². The smallest absolute Gasteiger partial charge is 0.183 e. The van der Waals surface area contributed by atoms with Gasteiger partial charge in [0.15, 0.2) is 5.90 Å². The van der Waals surface area contributed by atoms with Gasteiger partial charge >= 0.3 is 0 Å². The van der Waals surface area contributed by atoms with Crippen molar-refractivity contribution >= 4 is 5.90 Å². The molecule has 1 unspecified atom stereocenters. The van der Waals surface area contributed by atoms with Gasteiger partial charge < -0.3 is 14.8 Å². The summed E-state index contributed by atoms with van der Waals surface area (Å²) in [5.41, 5.74) is 1.29. The average Bonchev–Trinajstić information content (AvgIpc) is 2.96. The number of nitrogens with one attached hydrogen (secondary N) is 1. The van der Waals surface area contributed by atoms with Gasteiger partial charge in [0.2, 0.25) is 0 Å². The maximum absolute atomic E-state index is 5.79. The van der Waals surface area contributed by atoms with Crippen molar-refractivity contribution in [2.24, 2.45) is 10.9 Å². The van der Waals surface area contributed by atoms with Crippen LogP contribution in [0.3, 0.4) is 0 Å². The third-order valence-electron chi connectivity index (χ3n) is 4.32. The maximum atomic E-state index is 5.79. The van der Waals surface area contributed by atoms with Crippen molar-refractivity contribution in [3.8, 4) is 5.75 Å². The first-order valence-electron chi connectivity index (χ1n) is 7.86. The number of benzene rings is 1. The second-order valence-corrected chi connectivity index (χ2v) is 5.94. The number of rotatable bonds is 5. The lowest BCUT2D eigenvalue weighted by molar-refractivity contribution is 0.292. The Kier molecular flexibility index (Phi) is 4.76. The summed E-state index contributed by atoms with van der Waals surface area (Å²) in [6.45, 7) is 2.99. The van der Waals surface area contributed by atoms with Crippen molar-refractivity contribution in [1.29, 1.82) is 0 Å². The van der Waals surface area contributed by atoms with Gasteiger partial charge in [-0.3, -0.25) is 0 Å². The minimum atomic E-state index is 0.273. The van der Waals surface area contributed by atoms with E-state index in [4.69, 9.17) is 14.5 Å². The zero-order valence-electron chi connectivity index (χ0n) is 12.7. The predicted molar refractivity (Wildman–Crippen MR) is 84.1 cm³/mol. The van der Waals surface area contributed by atoms with Gasteiger partial charge in [0, 0.05) is 6.42 Å². The Morgan fingerprint density at radius 1 is 1.19 bits per heavy atom. The largest absolute Gasteiger partial charge is 0.497 e. The molecule has 4 nitrogen and oxygen atoms in total. The molecule has 114 valence electrons. The molecule has 1 fully saturated rings. The molecule has 0 spiro atoms. The summed E-state index contributed by atoms with van der Waals surface area (Å²) in [5.74, 6) is 2.61. The topological polar surface area (TPSA) is 42.9 Å². The van der Waals surface area contributed by atoms with E-state index >= 15 is 0 Å². The Balaban J connectivity index is 1.52. The van der Waals surface area contributed by atoms with E-state index in [2.05, 4.69) is 17.4 Å². The van der Waals surface area contributed by atoms with Gasteiger partial charge in [0.05, 0.1) is 13.2 Å². The van der Waals surface area contributed by atoms with E-state index in [1.54, 1.807) is 7.11 Å². The average molecular weight is 288 g/mol. The molecule has 2 aliphatic rings. The second-order valence-electron chi connectivity index (χ2n) is 5.94. The highest BCUT2D eigenvalue weighted by Crippen LogP contribution is 2.21. The van der Waals surface area contributed by atoms with E-state index in [9.17, 15) is 0 Å².